The molecule has 3 rings (SSSR count). The summed E-state index contributed by atoms with van der Waals surface area (Å²) >= 11 is 0. The molecule has 120 valence electrons. The molecule has 3 aliphatic heterocycles. The maximum atomic E-state index is 12.6. The number of rotatable bonds is 6. The molecule has 3 aliphatic rings. The fourth-order valence-electron chi connectivity index (χ4n) is 3.62. The van der Waals surface area contributed by atoms with Crippen LogP contribution in [0.25, 0.3) is 0 Å². The van der Waals surface area contributed by atoms with Gasteiger partial charge in [-0.3, -0.25) is 4.79 Å². The van der Waals surface area contributed by atoms with Crippen molar-refractivity contribution in [1.29, 1.82) is 0 Å². The van der Waals surface area contributed by atoms with Gasteiger partial charge in [-0.05, 0) is 45.1 Å². The van der Waals surface area contributed by atoms with E-state index < -0.39 is 0 Å². The second-order valence-corrected chi connectivity index (χ2v) is 6.57. The lowest BCUT2D eigenvalue weighted by Gasteiger charge is -2.28. The summed E-state index contributed by atoms with van der Waals surface area (Å²) < 4.78 is 11.4. The van der Waals surface area contributed by atoms with Crippen LogP contribution in [0.15, 0.2) is 0 Å². The molecule has 0 bridgehead atoms. The van der Waals surface area contributed by atoms with E-state index >= 15 is 0 Å². The van der Waals surface area contributed by atoms with Crippen molar-refractivity contribution in [2.75, 3.05) is 32.8 Å². The first-order chi connectivity index (χ1) is 10.3. The van der Waals surface area contributed by atoms with E-state index in [-0.39, 0.29) is 18.1 Å². The standard InChI is InChI=1S/C16H28N2O3/c19-16(10-13-4-1-7-17-13)18(11-14-5-2-8-20-14)12-15-6-3-9-21-15/h13-15,17H,1-12H2. The number of ether oxygens (including phenoxy) is 2. The Labute approximate surface area is 127 Å². The molecule has 3 saturated heterocycles. The molecule has 5 nitrogen and oxygen atoms in total. The SMILES string of the molecule is O=C(CC1CCCN1)N(CC1CCCO1)CC1CCCO1. The summed E-state index contributed by atoms with van der Waals surface area (Å²) in [6.07, 6.45) is 7.80. The summed E-state index contributed by atoms with van der Waals surface area (Å²) in [5.41, 5.74) is 0. The van der Waals surface area contributed by atoms with Crippen molar-refractivity contribution in [3.8, 4) is 0 Å². The minimum atomic E-state index is 0.229. The Morgan fingerprint density at radius 3 is 2.14 bits per heavy atom. The molecule has 0 aromatic rings. The Morgan fingerprint density at radius 1 is 1.00 bits per heavy atom. The highest BCUT2D eigenvalue weighted by molar-refractivity contribution is 5.77. The molecule has 0 spiro atoms. The molecule has 0 aromatic heterocycles. The largest absolute Gasteiger partial charge is 0.376 e. The van der Waals surface area contributed by atoms with Gasteiger partial charge in [-0.25, -0.2) is 0 Å². The van der Waals surface area contributed by atoms with Crippen molar-refractivity contribution in [2.24, 2.45) is 0 Å². The molecule has 1 N–H and O–H groups in total. The van der Waals surface area contributed by atoms with E-state index in [1.807, 2.05) is 4.90 Å². The molecule has 1 amide bonds. The molecule has 5 heteroatoms. The molecule has 3 heterocycles. The van der Waals surface area contributed by atoms with Gasteiger partial charge in [0.2, 0.25) is 5.91 Å². The first-order valence-corrected chi connectivity index (χ1v) is 8.55. The van der Waals surface area contributed by atoms with Crippen LogP contribution in [0.2, 0.25) is 0 Å². The van der Waals surface area contributed by atoms with E-state index in [9.17, 15) is 4.79 Å². The number of nitrogens with zero attached hydrogens (tertiary/aromatic N) is 1. The molecule has 0 aliphatic carbocycles. The predicted molar refractivity (Wildman–Crippen MR) is 80.2 cm³/mol. The predicted octanol–water partition coefficient (Wildman–Crippen LogP) is 1.32. The third-order valence-corrected chi connectivity index (χ3v) is 4.83. The van der Waals surface area contributed by atoms with Gasteiger partial charge in [0.25, 0.3) is 0 Å². The van der Waals surface area contributed by atoms with E-state index in [1.165, 1.54) is 6.42 Å². The van der Waals surface area contributed by atoms with Gasteiger partial charge < -0.3 is 19.7 Å². The van der Waals surface area contributed by atoms with Crippen LogP contribution in [0.1, 0.15) is 44.9 Å². The fraction of sp³-hybridized carbons (Fsp3) is 0.938. The van der Waals surface area contributed by atoms with Crippen molar-refractivity contribution < 1.29 is 14.3 Å². The van der Waals surface area contributed by atoms with Gasteiger partial charge in [0, 0.05) is 38.8 Å². The smallest absolute Gasteiger partial charge is 0.224 e. The second kappa shape index (κ2) is 7.56. The maximum absolute atomic E-state index is 12.6. The summed E-state index contributed by atoms with van der Waals surface area (Å²) in [4.78, 5) is 14.7. The zero-order chi connectivity index (χ0) is 14.5. The van der Waals surface area contributed by atoms with Crippen LogP contribution in [0, 0.1) is 0 Å². The van der Waals surface area contributed by atoms with Gasteiger partial charge in [0.1, 0.15) is 0 Å². The van der Waals surface area contributed by atoms with Crippen molar-refractivity contribution in [3.05, 3.63) is 0 Å². The highest BCUT2D eigenvalue weighted by Gasteiger charge is 2.28. The molecule has 0 radical (unpaired) electrons. The van der Waals surface area contributed by atoms with Gasteiger partial charge in [-0.15, -0.1) is 0 Å². The summed E-state index contributed by atoms with van der Waals surface area (Å²) in [7, 11) is 0. The zero-order valence-electron chi connectivity index (χ0n) is 12.9. The van der Waals surface area contributed by atoms with E-state index in [0.29, 0.717) is 12.5 Å². The van der Waals surface area contributed by atoms with E-state index in [0.717, 1.165) is 65.0 Å². The van der Waals surface area contributed by atoms with E-state index in [2.05, 4.69) is 5.32 Å². The zero-order valence-corrected chi connectivity index (χ0v) is 12.9. The highest BCUT2D eigenvalue weighted by atomic mass is 16.5. The molecular formula is C16H28N2O3. The lowest BCUT2D eigenvalue weighted by Crippen LogP contribution is -2.43. The van der Waals surface area contributed by atoms with Gasteiger partial charge in [-0.1, -0.05) is 0 Å². The maximum Gasteiger partial charge on any atom is 0.224 e. The quantitative estimate of drug-likeness (QED) is 0.803. The Balaban J connectivity index is 1.54. The number of carbonyl (C=O) groups excluding carboxylic acids is 1. The van der Waals surface area contributed by atoms with Crippen molar-refractivity contribution >= 4 is 5.91 Å². The van der Waals surface area contributed by atoms with Crippen LogP contribution in [-0.4, -0.2) is 61.9 Å². The van der Waals surface area contributed by atoms with Crippen LogP contribution >= 0.6 is 0 Å². The molecule has 0 saturated carbocycles. The van der Waals surface area contributed by atoms with E-state index in [4.69, 9.17) is 9.47 Å². The number of carbonyl (C=O) groups is 1. The first-order valence-electron chi connectivity index (χ1n) is 8.55. The Morgan fingerprint density at radius 2 is 1.67 bits per heavy atom. The normalized spacial score (nSPS) is 32.7. The lowest BCUT2D eigenvalue weighted by atomic mass is 10.1. The highest BCUT2D eigenvalue weighted by Crippen LogP contribution is 2.19. The van der Waals surface area contributed by atoms with Crippen LogP contribution in [0.3, 0.4) is 0 Å². The van der Waals surface area contributed by atoms with Crippen LogP contribution in [0.5, 0.6) is 0 Å². The van der Waals surface area contributed by atoms with Gasteiger partial charge in [0.05, 0.1) is 12.2 Å². The van der Waals surface area contributed by atoms with Crippen LogP contribution < -0.4 is 5.32 Å². The van der Waals surface area contributed by atoms with Gasteiger partial charge in [0.15, 0.2) is 0 Å². The van der Waals surface area contributed by atoms with Crippen molar-refractivity contribution in [3.63, 3.8) is 0 Å². The van der Waals surface area contributed by atoms with Crippen molar-refractivity contribution in [2.45, 2.75) is 63.2 Å². The molecule has 21 heavy (non-hydrogen) atoms. The number of amides is 1. The fourth-order valence-corrected chi connectivity index (χ4v) is 3.62. The van der Waals surface area contributed by atoms with Crippen LogP contribution in [-0.2, 0) is 14.3 Å². The summed E-state index contributed by atoms with van der Waals surface area (Å²) in [6.45, 7) is 4.22. The van der Waals surface area contributed by atoms with Crippen LogP contribution in [0.4, 0.5) is 0 Å². The second-order valence-electron chi connectivity index (χ2n) is 6.57. The minimum Gasteiger partial charge on any atom is -0.376 e. The van der Waals surface area contributed by atoms with E-state index in [1.54, 1.807) is 0 Å². The number of hydrogen-bond donors (Lipinski definition) is 1. The number of nitrogens with one attached hydrogen (secondary N) is 1. The average Bonchev–Trinajstić information content (AvgIpc) is 3.21. The Bertz CT molecular complexity index is 314. The lowest BCUT2D eigenvalue weighted by molar-refractivity contribution is -0.135. The topological polar surface area (TPSA) is 50.8 Å². The average molecular weight is 296 g/mol. The minimum absolute atomic E-state index is 0.229. The third kappa shape index (κ3) is 4.41. The first kappa shape index (κ1) is 15.3. The molecule has 3 fully saturated rings. The summed E-state index contributed by atoms with van der Waals surface area (Å²) in [6, 6.07) is 0.369. The molecule has 3 atom stereocenters. The molecule has 3 unspecified atom stereocenters. The van der Waals surface area contributed by atoms with Crippen molar-refractivity contribution in [1.82, 2.24) is 10.2 Å². The van der Waals surface area contributed by atoms with Gasteiger partial charge >= 0.3 is 0 Å². The monoisotopic (exact) mass is 296 g/mol. The number of hydrogen-bond acceptors (Lipinski definition) is 4. The summed E-state index contributed by atoms with van der Waals surface area (Å²) in [5.74, 6) is 0.264. The molecule has 0 aromatic carbocycles. The van der Waals surface area contributed by atoms with Gasteiger partial charge in [-0.2, -0.15) is 0 Å². The Kier molecular flexibility index (Phi) is 5.49. The third-order valence-electron chi connectivity index (χ3n) is 4.83. The Hall–Kier alpha value is -0.650. The summed E-state index contributed by atoms with van der Waals surface area (Å²) in [5, 5.41) is 3.42. The molecular weight excluding hydrogens is 268 g/mol.